The Labute approximate surface area is 60.5 Å². The minimum Gasteiger partial charge on any atom is -1.00 e. The van der Waals surface area contributed by atoms with E-state index in [4.69, 9.17) is 0 Å². The van der Waals surface area contributed by atoms with Gasteiger partial charge in [0.2, 0.25) is 0 Å². The Morgan fingerprint density at radius 1 is 1.29 bits per heavy atom. The zero-order valence-electron chi connectivity index (χ0n) is 4.02. The summed E-state index contributed by atoms with van der Waals surface area (Å²) in [6.07, 6.45) is 8.52. The first-order valence-electron chi connectivity index (χ1n) is 2.23. The molecule has 0 saturated heterocycles. The lowest BCUT2D eigenvalue weighted by atomic mass is 10.3. The van der Waals surface area contributed by atoms with Gasteiger partial charge in [0.15, 0.2) is 6.20 Å². The van der Waals surface area contributed by atoms with Gasteiger partial charge in [-0.3, -0.25) is 0 Å². The molecular weight excluding hydrogens is 201 g/mol. The molecule has 0 aromatic heterocycles. The van der Waals surface area contributed by atoms with Crippen LogP contribution in [0, 0.1) is 0 Å². The number of nitrogens with one attached hydrogen (secondary N) is 1. The molecule has 0 atom stereocenters. The van der Waals surface area contributed by atoms with Crippen molar-refractivity contribution < 1.29 is 29.0 Å². The number of hydrogen-bond donors (Lipinski definition) is 1. The van der Waals surface area contributed by atoms with Gasteiger partial charge in [-0.1, -0.05) is 0 Å². The Hall–Kier alpha value is 0.140. The van der Waals surface area contributed by atoms with Crippen molar-refractivity contribution in [1.29, 1.82) is 0 Å². The molecule has 0 fully saturated rings. The van der Waals surface area contributed by atoms with Crippen LogP contribution in [0.1, 0.15) is 12.8 Å². The Morgan fingerprint density at radius 2 is 2.14 bits per heavy atom. The zero-order chi connectivity index (χ0) is 4.24. The molecule has 1 N–H and O–H groups in total. The molecule has 7 heavy (non-hydrogen) atoms. The average molecular weight is 209 g/mol. The predicted octanol–water partition coefficient (Wildman–Crippen LogP) is -3.55. The normalized spacial score (nSPS) is 16.0. The van der Waals surface area contributed by atoms with Crippen LogP contribution in [0.4, 0.5) is 0 Å². The lowest BCUT2D eigenvalue weighted by Crippen LogP contribution is -3.00. The van der Waals surface area contributed by atoms with Gasteiger partial charge < -0.3 is 24.0 Å². The summed E-state index contributed by atoms with van der Waals surface area (Å²) in [6.45, 7) is 0. The first-order valence-corrected chi connectivity index (χ1v) is 2.23. The minimum atomic E-state index is 0. The summed E-state index contributed by atoms with van der Waals surface area (Å²) >= 11 is 0. The van der Waals surface area contributed by atoms with Crippen LogP contribution in [0.3, 0.4) is 0 Å². The second-order valence-corrected chi connectivity index (χ2v) is 1.35. The van der Waals surface area contributed by atoms with Gasteiger partial charge in [-0.25, -0.2) is 4.99 Å². The fraction of sp³-hybridized carbons (Fsp3) is 0.400. The lowest BCUT2D eigenvalue weighted by Gasteiger charge is -1.81. The highest BCUT2D eigenvalue weighted by Gasteiger charge is 1.84. The van der Waals surface area contributed by atoms with Gasteiger partial charge in [0.25, 0.3) is 0 Å². The van der Waals surface area contributed by atoms with E-state index in [2.05, 4.69) is 17.3 Å². The zero-order valence-corrected chi connectivity index (χ0v) is 6.18. The van der Waals surface area contributed by atoms with Crippen molar-refractivity contribution in [2.45, 2.75) is 12.8 Å². The number of rotatable bonds is 0. The van der Waals surface area contributed by atoms with E-state index in [1.165, 1.54) is 12.8 Å². The van der Waals surface area contributed by atoms with Crippen LogP contribution in [0.25, 0.3) is 0 Å². The first kappa shape index (κ1) is 7.14. The summed E-state index contributed by atoms with van der Waals surface area (Å²) in [4.78, 5) is 2.98. The molecule has 0 radical (unpaired) electrons. The maximum absolute atomic E-state index is 2.98. The van der Waals surface area contributed by atoms with E-state index in [-0.39, 0.29) is 24.0 Å². The highest BCUT2D eigenvalue weighted by molar-refractivity contribution is 5.51. The second kappa shape index (κ2) is 4.30. The van der Waals surface area contributed by atoms with E-state index in [0.29, 0.717) is 0 Å². The van der Waals surface area contributed by atoms with E-state index in [9.17, 15) is 0 Å². The molecule has 2 heteroatoms. The van der Waals surface area contributed by atoms with E-state index in [0.717, 1.165) is 0 Å². The third-order valence-corrected chi connectivity index (χ3v) is 0.810. The van der Waals surface area contributed by atoms with Gasteiger partial charge in [0.1, 0.15) is 6.21 Å². The van der Waals surface area contributed by atoms with Crippen molar-refractivity contribution in [3.63, 3.8) is 0 Å². The van der Waals surface area contributed by atoms with Crippen molar-refractivity contribution in [2.75, 3.05) is 0 Å². The van der Waals surface area contributed by atoms with Crippen molar-refractivity contribution in [3.8, 4) is 0 Å². The Morgan fingerprint density at radius 3 is 2.29 bits per heavy atom. The second-order valence-electron chi connectivity index (χ2n) is 1.35. The van der Waals surface area contributed by atoms with Crippen molar-refractivity contribution in [1.82, 2.24) is 0 Å². The topological polar surface area (TPSA) is 14.0 Å². The fourth-order valence-electron chi connectivity index (χ4n) is 0.482. The van der Waals surface area contributed by atoms with E-state index < -0.39 is 0 Å². The molecule has 0 aliphatic carbocycles. The maximum atomic E-state index is 2.98. The summed E-state index contributed by atoms with van der Waals surface area (Å²) < 4.78 is 0. The van der Waals surface area contributed by atoms with Crippen LogP contribution >= 0.6 is 0 Å². The van der Waals surface area contributed by atoms with E-state index in [1.54, 1.807) is 0 Å². The van der Waals surface area contributed by atoms with Crippen LogP contribution in [0.5, 0.6) is 0 Å². The number of hydrogen-bond acceptors (Lipinski definition) is 0. The smallest absolute Gasteiger partial charge is 0.162 e. The molecule has 0 aromatic carbocycles. The van der Waals surface area contributed by atoms with Gasteiger partial charge in [-0.2, -0.15) is 0 Å². The molecule has 1 heterocycles. The fourth-order valence-corrected chi connectivity index (χ4v) is 0.482. The molecule has 0 unspecified atom stereocenters. The van der Waals surface area contributed by atoms with E-state index >= 15 is 0 Å². The lowest BCUT2D eigenvalue weighted by molar-refractivity contribution is -0.370. The molecule has 0 amide bonds. The van der Waals surface area contributed by atoms with Crippen molar-refractivity contribution in [2.24, 2.45) is 0 Å². The van der Waals surface area contributed by atoms with Gasteiger partial charge in [-0.05, 0) is 12.5 Å². The third-order valence-electron chi connectivity index (χ3n) is 0.810. The van der Waals surface area contributed by atoms with Crippen molar-refractivity contribution in [3.05, 3.63) is 12.3 Å². The van der Waals surface area contributed by atoms with Crippen molar-refractivity contribution >= 4 is 6.21 Å². The SMILES string of the molecule is C1=C[NH+]=CCC1.[I-]. The highest BCUT2D eigenvalue weighted by Crippen LogP contribution is 1.83. The summed E-state index contributed by atoms with van der Waals surface area (Å²) in [5.41, 5.74) is 0. The monoisotopic (exact) mass is 209 g/mol. The molecule has 0 bridgehead atoms. The average Bonchev–Trinajstić information content (AvgIpc) is 1.72. The summed E-state index contributed by atoms with van der Waals surface area (Å²) in [5.74, 6) is 0. The van der Waals surface area contributed by atoms with Crippen LogP contribution in [0.15, 0.2) is 12.3 Å². The first-order chi connectivity index (χ1) is 3.00. The molecule has 1 aliphatic rings. The Bertz CT molecular complexity index is 74.1. The van der Waals surface area contributed by atoms with Crippen LogP contribution in [-0.4, -0.2) is 6.21 Å². The van der Waals surface area contributed by atoms with Gasteiger partial charge >= 0.3 is 0 Å². The summed E-state index contributed by atoms with van der Waals surface area (Å²) in [7, 11) is 0. The Kier molecular flexibility index (Phi) is 4.39. The summed E-state index contributed by atoms with van der Waals surface area (Å²) in [6, 6.07) is 0. The van der Waals surface area contributed by atoms with Crippen LogP contribution in [0.2, 0.25) is 0 Å². The predicted molar refractivity (Wildman–Crippen MR) is 25.4 cm³/mol. The number of halogens is 1. The number of allylic oxidation sites excluding steroid dienone is 1. The molecule has 1 rings (SSSR count). The van der Waals surface area contributed by atoms with Gasteiger partial charge in [-0.15, -0.1) is 0 Å². The van der Waals surface area contributed by atoms with Crippen LogP contribution < -0.4 is 29.0 Å². The standard InChI is InChI=1S/C5H7N.HI/c1-2-4-6-5-3-1;/h2,4-5H,1,3H2;1H. The maximum Gasteiger partial charge on any atom is 0.162 e. The quantitative estimate of drug-likeness (QED) is 0.397. The molecule has 0 spiro atoms. The molecule has 0 saturated carbocycles. The third kappa shape index (κ3) is 2.79. The minimum absolute atomic E-state index is 0. The van der Waals surface area contributed by atoms with E-state index in [1.807, 2.05) is 6.20 Å². The molecule has 1 nitrogen and oxygen atoms in total. The molecule has 0 aromatic rings. The summed E-state index contributed by atoms with van der Waals surface area (Å²) in [5, 5.41) is 0. The molecule has 40 valence electrons. The van der Waals surface area contributed by atoms with Crippen LogP contribution in [-0.2, 0) is 0 Å². The molecular formula is C5H8IN. The largest absolute Gasteiger partial charge is 1.00 e. The van der Waals surface area contributed by atoms with Gasteiger partial charge in [0, 0.05) is 6.42 Å². The highest BCUT2D eigenvalue weighted by atomic mass is 127. The van der Waals surface area contributed by atoms with Gasteiger partial charge in [0.05, 0.1) is 0 Å². The Balaban J connectivity index is 0.000000360. The molecule has 1 aliphatic heterocycles.